The quantitative estimate of drug-likeness (QED) is 0.926. The number of H-pyrrole nitrogens is 1. The first-order chi connectivity index (χ1) is 12.2. The van der Waals surface area contributed by atoms with Gasteiger partial charge in [-0.1, -0.05) is 0 Å². The van der Waals surface area contributed by atoms with Crippen LogP contribution in [0.1, 0.15) is 41.3 Å². The Labute approximate surface area is 148 Å². The molecule has 0 aromatic carbocycles. The van der Waals surface area contributed by atoms with Crippen LogP contribution in [0.3, 0.4) is 0 Å². The summed E-state index contributed by atoms with van der Waals surface area (Å²) in [5.41, 5.74) is 5.13. The lowest BCUT2D eigenvalue weighted by Crippen LogP contribution is -2.29. The smallest absolute Gasteiger partial charge is 0.135 e. The number of aryl methyl sites for hydroxylation is 1. The van der Waals surface area contributed by atoms with Gasteiger partial charge >= 0.3 is 0 Å². The second-order valence-corrected chi connectivity index (χ2v) is 8.11. The largest absolute Gasteiger partial charge is 0.356 e. The third kappa shape index (κ3) is 2.72. The van der Waals surface area contributed by atoms with Gasteiger partial charge in [-0.05, 0) is 38.5 Å². The molecule has 0 radical (unpaired) electrons. The number of hydrogen-bond donors (Lipinski definition) is 1. The molecule has 2 atom stereocenters. The molecule has 1 aliphatic carbocycles. The summed E-state index contributed by atoms with van der Waals surface area (Å²) in [6, 6.07) is 0. The van der Waals surface area contributed by atoms with E-state index in [2.05, 4.69) is 43.8 Å². The van der Waals surface area contributed by atoms with Crippen LogP contribution in [0.5, 0.6) is 0 Å². The van der Waals surface area contributed by atoms with Crippen molar-refractivity contribution in [3.8, 4) is 0 Å². The van der Waals surface area contributed by atoms with Crippen LogP contribution < -0.4 is 4.90 Å². The summed E-state index contributed by atoms with van der Waals surface area (Å²) in [5.74, 6) is 3.40. The molecule has 3 fully saturated rings. The fourth-order valence-electron chi connectivity index (χ4n) is 4.65. The SMILES string of the molecule is Cc1ncnc(N2CC3CN(Cc4cn[nH]c4C4CC4)CC3C2)c1C. The molecule has 2 unspecified atom stereocenters. The number of aromatic nitrogens is 4. The minimum absolute atomic E-state index is 0.749. The van der Waals surface area contributed by atoms with E-state index in [0.29, 0.717) is 0 Å². The van der Waals surface area contributed by atoms with Gasteiger partial charge in [-0.2, -0.15) is 5.10 Å². The van der Waals surface area contributed by atoms with Gasteiger partial charge in [0.1, 0.15) is 12.1 Å². The maximum absolute atomic E-state index is 4.55. The first kappa shape index (κ1) is 15.3. The molecule has 2 aromatic rings. The Kier molecular flexibility index (Phi) is 3.55. The monoisotopic (exact) mass is 338 g/mol. The van der Waals surface area contributed by atoms with Crippen LogP contribution in [0, 0.1) is 25.7 Å². The molecule has 0 bridgehead atoms. The van der Waals surface area contributed by atoms with Gasteiger partial charge in [0.05, 0.1) is 6.20 Å². The molecule has 1 saturated carbocycles. The summed E-state index contributed by atoms with van der Waals surface area (Å²) < 4.78 is 0. The molecule has 2 aromatic heterocycles. The fourth-order valence-corrected chi connectivity index (χ4v) is 4.65. The van der Waals surface area contributed by atoms with Crippen LogP contribution in [-0.2, 0) is 6.54 Å². The molecule has 25 heavy (non-hydrogen) atoms. The van der Waals surface area contributed by atoms with E-state index in [-0.39, 0.29) is 0 Å². The van der Waals surface area contributed by atoms with E-state index in [9.17, 15) is 0 Å². The van der Waals surface area contributed by atoms with Crippen molar-refractivity contribution in [2.45, 2.75) is 39.2 Å². The lowest BCUT2D eigenvalue weighted by molar-refractivity contribution is 0.308. The summed E-state index contributed by atoms with van der Waals surface area (Å²) in [6.45, 7) is 9.91. The Hall–Kier alpha value is -1.95. The molecule has 2 aliphatic heterocycles. The number of likely N-dealkylation sites (tertiary alicyclic amines) is 1. The topological polar surface area (TPSA) is 60.9 Å². The van der Waals surface area contributed by atoms with Gasteiger partial charge in [0.2, 0.25) is 0 Å². The average molecular weight is 338 g/mol. The number of nitrogens with one attached hydrogen (secondary N) is 1. The molecular formula is C19H26N6. The summed E-state index contributed by atoms with van der Waals surface area (Å²) in [6.07, 6.45) is 6.40. The number of aromatic amines is 1. The zero-order valence-corrected chi connectivity index (χ0v) is 15.1. The van der Waals surface area contributed by atoms with Crippen molar-refractivity contribution in [3.05, 3.63) is 35.0 Å². The van der Waals surface area contributed by atoms with Crippen molar-refractivity contribution < 1.29 is 0 Å². The van der Waals surface area contributed by atoms with Crippen molar-refractivity contribution >= 4 is 5.82 Å². The Morgan fingerprint density at radius 2 is 1.84 bits per heavy atom. The second kappa shape index (κ2) is 5.80. The Bertz CT molecular complexity index is 766. The highest BCUT2D eigenvalue weighted by atomic mass is 15.3. The van der Waals surface area contributed by atoms with Gasteiger partial charge in [-0.3, -0.25) is 10.00 Å². The number of rotatable bonds is 4. The van der Waals surface area contributed by atoms with E-state index >= 15 is 0 Å². The van der Waals surface area contributed by atoms with Gasteiger partial charge in [0.25, 0.3) is 0 Å². The number of anilines is 1. The Morgan fingerprint density at radius 1 is 1.08 bits per heavy atom. The van der Waals surface area contributed by atoms with Crippen LogP contribution >= 0.6 is 0 Å². The Morgan fingerprint density at radius 3 is 2.56 bits per heavy atom. The summed E-state index contributed by atoms with van der Waals surface area (Å²) >= 11 is 0. The van der Waals surface area contributed by atoms with Gasteiger partial charge in [0, 0.05) is 61.2 Å². The summed E-state index contributed by atoms with van der Waals surface area (Å²) in [4.78, 5) is 14.0. The predicted molar refractivity (Wildman–Crippen MR) is 96.5 cm³/mol. The van der Waals surface area contributed by atoms with Crippen LogP contribution in [0.15, 0.2) is 12.5 Å². The first-order valence-corrected chi connectivity index (χ1v) is 9.46. The maximum atomic E-state index is 4.55. The Balaban J connectivity index is 1.24. The third-order valence-electron chi connectivity index (χ3n) is 6.30. The summed E-state index contributed by atoms with van der Waals surface area (Å²) in [7, 11) is 0. The molecule has 3 aliphatic rings. The van der Waals surface area contributed by atoms with E-state index in [4.69, 9.17) is 0 Å². The molecule has 2 saturated heterocycles. The van der Waals surface area contributed by atoms with Crippen LogP contribution in [0.2, 0.25) is 0 Å². The van der Waals surface area contributed by atoms with Crippen molar-refractivity contribution in [1.29, 1.82) is 0 Å². The van der Waals surface area contributed by atoms with E-state index in [1.807, 2.05) is 6.20 Å². The minimum Gasteiger partial charge on any atom is -0.356 e. The van der Waals surface area contributed by atoms with E-state index in [1.165, 1.54) is 42.8 Å². The zero-order chi connectivity index (χ0) is 17.0. The molecule has 6 nitrogen and oxygen atoms in total. The zero-order valence-electron chi connectivity index (χ0n) is 15.1. The second-order valence-electron chi connectivity index (χ2n) is 8.11. The van der Waals surface area contributed by atoms with Crippen molar-refractivity contribution in [2.75, 3.05) is 31.1 Å². The number of fused-ring (bicyclic) bond motifs is 1. The van der Waals surface area contributed by atoms with Crippen molar-refractivity contribution in [1.82, 2.24) is 25.1 Å². The van der Waals surface area contributed by atoms with Gasteiger partial charge < -0.3 is 4.90 Å². The van der Waals surface area contributed by atoms with Gasteiger partial charge in [0.15, 0.2) is 0 Å². The molecule has 5 rings (SSSR count). The lowest BCUT2D eigenvalue weighted by Gasteiger charge is -2.23. The lowest BCUT2D eigenvalue weighted by atomic mass is 10.0. The van der Waals surface area contributed by atoms with E-state index in [1.54, 1.807) is 6.33 Å². The maximum Gasteiger partial charge on any atom is 0.135 e. The average Bonchev–Trinajstić information content (AvgIpc) is 3.02. The number of hydrogen-bond acceptors (Lipinski definition) is 5. The third-order valence-corrected chi connectivity index (χ3v) is 6.30. The van der Waals surface area contributed by atoms with Crippen LogP contribution in [0.25, 0.3) is 0 Å². The van der Waals surface area contributed by atoms with E-state index in [0.717, 1.165) is 48.9 Å². The molecule has 6 heteroatoms. The highest BCUT2D eigenvalue weighted by Gasteiger charge is 2.41. The minimum atomic E-state index is 0.749. The van der Waals surface area contributed by atoms with Gasteiger partial charge in [-0.15, -0.1) is 0 Å². The molecule has 1 N–H and O–H groups in total. The highest BCUT2D eigenvalue weighted by molar-refractivity contribution is 5.48. The standard InChI is InChI=1S/C19H26N6/c1-12-13(2)20-11-21-19(12)25-9-16-7-24(8-17(16)10-25)6-15-5-22-23-18(15)14-3-4-14/h5,11,14,16-17H,3-4,6-10H2,1-2H3,(H,22,23). The fraction of sp³-hybridized carbons (Fsp3) is 0.632. The van der Waals surface area contributed by atoms with Crippen molar-refractivity contribution in [2.24, 2.45) is 11.8 Å². The highest BCUT2D eigenvalue weighted by Crippen LogP contribution is 2.41. The normalized spacial score (nSPS) is 26.4. The van der Waals surface area contributed by atoms with Crippen molar-refractivity contribution in [3.63, 3.8) is 0 Å². The van der Waals surface area contributed by atoms with Crippen LogP contribution in [0.4, 0.5) is 5.82 Å². The molecule has 132 valence electrons. The van der Waals surface area contributed by atoms with Crippen LogP contribution in [-0.4, -0.2) is 51.2 Å². The molecule has 4 heterocycles. The molecular weight excluding hydrogens is 312 g/mol. The first-order valence-electron chi connectivity index (χ1n) is 9.46. The van der Waals surface area contributed by atoms with E-state index < -0.39 is 0 Å². The predicted octanol–water partition coefficient (Wildman–Crippen LogP) is 2.26. The summed E-state index contributed by atoms with van der Waals surface area (Å²) in [5, 5.41) is 7.53. The van der Waals surface area contributed by atoms with Gasteiger partial charge in [-0.25, -0.2) is 9.97 Å². The molecule has 0 spiro atoms. The molecule has 0 amide bonds. The number of nitrogens with zero attached hydrogens (tertiary/aromatic N) is 5.